The molecule has 8 heteroatoms. The molecule has 23 heavy (non-hydrogen) atoms. The minimum atomic E-state index is 0.603. The van der Waals surface area contributed by atoms with Gasteiger partial charge in [0.25, 0.3) is 0 Å². The van der Waals surface area contributed by atoms with E-state index in [1.54, 1.807) is 12.4 Å². The molecule has 3 aromatic heterocycles. The zero-order valence-electron chi connectivity index (χ0n) is 11.9. The average Bonchev–Trinajstić information content (AvgIpc) is 3.19. The van der Waals surface area contributed by atoms with Gasteiger partial charge in [-0.15, -0.1) is 0 Å². The molecule has 0 radical (unpaired) electrons. The number of hydrogen-bond acceptors (Lipinski definition) is 5. The first-order chi connectivity index (χ1) is 11.3. The standard InChI is InChI=1S/C15H12ClN7/c16-13-4-2-1-3-10(13)7-23-8-11(5-20-23)21-14-12-6-19-22-15(12)18-9-17-14/h1-6,8-9H,7H2,(H2,17,18,19,21,22). The van der Waals surface area contributed by atoms with E-state index >= 15 is 0 Å². The van der Waals surface area contributed by atoms with E-state index in [2.05, 4.69) is 30.6 Å². The van der Waals surface area contributed by atoms with E-state index in [1.165, 1.54) is 6.33 Å². The van der Waals surface area contributed by atoms with Crippen LogP contribution in [0.15, 0.2) is 49.2 Å². The maximum atomic E-state index is 6.18. The number of anilines is 2. The first kappa shape index (κ1) is 13.7. The van der Waals surface area contributed by atoms with E-state index in [0.29, 0.717) is 18.0 Å². The zero-order valence-corrected chi connectivity index (χ0v) is 12.7. The number of rotatable bonds is 4. The molecule has 7 nitrogen and oxygen atoms in total. The van der Waals surface area contributed by atoms with E-state index in [0.717, 1.165) is 21.7 Å². The van der Waals surface area contributed by atoms with E-state index in [4.69, 9.17) is 11.6 Å². The molecule has 0 saturated heterocycles. The van der Waals surface area contributed by atoms with Gasteiger partial charge in [0.15, 0.2) is 5.65 Å². The molecular formula is C15H12ClN7. The van der Waals surface area contributed by atoms with Crippen molar-refractivity contribution in [3.05, 3.63) is 59.8 Å². The Bertz CT molecular complexity index is 959. The third kappa shape index (κ3) is 2.74. The van der Waals surface area contributed by atoms with Gasteiger partial charge in [-0.1, -0.05) is 29.8 Å². The van der Waals surface area contributed by atoms with Crippen molar-refractivity contribution in [2.24, 2.45) is 0 Å². The van der Waals surface area contributed by atoms with Crippen molar-refractivity contribution >= 4 is 34.1 Å². The van der Waals surface area contributed by atoms with Crippen LogP contribution in [0.4, 0.5) is 11.5 Å². The topological polar surface area (TPSA) is 84.3 Å². The van der Waals surface area contributed by atoms with Gasteiger partial charge in [0.2, 0.25) is 0 Å². The van der Waals surface area contributed by atoms with Gasteiger partial charge in [-0.3, -0.25) is 9.78 Å². The predicted molar refractivity (Wildman–Crippen MR) is 87.7 cm³/mol. The van der Waals surface area contributed by atoms with Crippen LogP contribution in [0.2, 0.25) is 5.02 Å². The lowest BCUT2D eigenvalue weighted by molar-refractivity contribution is 0.687. The van der Waals surface area contributed by atoms with Crippen LogP contribution in [0, 0.1) is 0 Å². The van der Waals surface area contributed by atoms with E-state index < -0.39 is 0 Å². The Morgan fingerprint density at radius 2 is 2.09 bits per heavy atom. The SMILES string of the molecule is Clc1ccccc1Cn1cc(Nc2ncnc3[nH]ncc23)cn1. The molecule has 4 rings (SSSR count). The second kappa shape index (κ2) is 5.69. The van der Waals surface area contributed by atoms with Crippen LogP contribution in [0.5, 0.6) is 0 Å². The Morgan fingerprint density at radius 1 is 1.17 bits per heavy atom. The fourth-order valence-electron chi connectivity index (χ4n) is 2.32. The Morgan fingerprint density at radius 3 is 3.00 bits per heavy atom. The van der Waals surface area contributed by atoms with Crippen LogP contribution in [-0.4, -0.2) is 29.9 Å². The summed E-state index contributed by atoms with van der Waals surface area (Å²) < 4.78 is 1.82. The summed E-state index contributed by atoms with van der Waals surface area (Å²) in [6.07, 6.45) is 6.81. The molecule has 0 aliphatic carbocycles. The molecule has 0 saturated carbocycles. The molecular weight excluding hydrogens is 314 g/mol. The number of nitrogens with one attached hydrogen (secondary N) is 2. The van der Waals surface area contributed by atoms with Crippen molar-refractivity contribution in [3.63, 3.8) is 0 Å². The summed E-state index contributed by atoms with van der Waals surface area (Å²) in [5.74, 6) is 0.682. The Labute approximate surface area is 136 Å². The van der Waals surface area contributed by atoms with Gasteiger partial charge in [-0.05, 0) is 11.6 Å². The summed E-state index contributed by atoms with van der Waals surface area (Å²) in [5, 5.41) is 15.9. The number of aromatic nitrogens is 6. The summed E-state index contributed by atoms with van der Waals surface area (Å²) in [6.45, 7) is 0.603. The molecule has 4 aromatic rings. The predicted octanol–water partition coefficient (Wildman–Crippen LogP) is 2.99. The summed E-state index contributed by atoms with van der Waals surface area (Å²) in [6, 6.07) is 7.72. The van der Waals surface area contributed by atoms with E-state index in [1.807, 2.05) is 35.1 Å². The highest BCUT2D eigenvalue weighted by molar-refractivity contribution is 6.31. The molecule has 0 fully saturated rings. The number of H-pyrrole nitrogens is 1. The lowest BCUT2D eigenvalue weighted by Gasteiger charge is -2.04. The number of aromatic amines is 1. The smallest absolute Gasteiger partial charge is 0.160 e. The first-order valence-corrected chi connectivity index (χ1v) is 7.34. The summed E-state index contributed by atoms with van der Waals surface area (Å²) in [5.41, 5.74) is 2.53. The summed E-state index contributed by atoms with van der Waals surface area (Å²) in [7, 11) is 0. The highest BCUT2D eigenvalue weighted by atomic mass is 35.5. The summed E-state index contributed by atoms with van der Waals surface area (Å²) in [4.78, 5) is 8.35. The van der Waals surface area contributed by atoms with Crippen molar-refractivity contribution in [2.75, 3.05) is 5.32 Å². The van der Waals surface area contributed by atoms with Gasteiger partial charge < -0.3 is 5.32 Å². The molecule has 114 valence electrons. The van der Waals surface area contributed by atoms with Crippen LogP contribution in [-0.2, 0) is 6.54 Å². The second-order valence-corrected chi connectivity index (χ2v) is 5.40. The van der Waals surface area contributed by atoms with Crippen molar-refractivity contribution in [3.8, 4) is 0 Å². The normalized spacial score (nSPS) is 11.0. The molecule has 0 spiro atoms. The van der Waals surface area contributed by atoms with Gasteiger partial charge in [0.05, 0.1) is 30.0 Å². The third-order valence-electron chi connectivity index (χ3n) is 3.43. The van der Waals surface area contributed by atoms with E-state index in [9.17, 15) is 0 Å². The Balaban J connectivity index is 1.56. The average molecular weight is 326 g/mol. The first-order valence-electron chi connectivity index (χ1n) is 6.96. The second-order valence-electron chi connectivity index (χ2n) is 5.00. The maximum Gasteiger partial charge on any atom is 0.160 e. The lowest BCUT2D eigenvalue weighted by Crippen LogP contribution is -2.00. The molecule has 1 aromatic carbocycles. The lowest BCUT2D eigenvalue weighted by atomic mass is 10.2. The highest BCUT2D eigenvalue weighted by Gasteiger charge is 2.07. The zero-order chi connectivity index (χ0) is 15.6. The Kier molecular flexibility index (Phi) is 3.39. The minimum Gasteiger partial charge on any atom is -0.337 e. The molecule has 0 bridgehead atoms. The van der Waals surface area contributed by atoms with Crippen LogP contribution >= 0.6 is 11.6 Å². The molecule has 3 heterocycles. The maximum absolute atomic E-state index is 6.18. The molecule has 0 amide bonds. The largest absolute Gasteiger partial charge is 0.337 e. The third-order valence-corrected chi connectivity index (χ3v) is 3.80. The van der Waals surface area contributed by atoms with Crippen LogP contribution < -0.4 is 5.32 Å². The fraction of sp³-hybridized carbons (Fsp3) is 0.0667. The van der Waals surface area contributed by atoms with Gasteiger partial charge >= 0.3 is 0 Å². The van der Waals surface area contributed by atoms with Gasteiger partial charge in [-0.25, -0.2) is 9.97 Å². The molecule has 0 unspecified atom stereocenters. The van der Waals surface area contributed by atoms with Gasteiger partial charge in [0, 0.05) is 11.2 Å². The number of hydrogen-bond donors (Lipinski definition) is 2. The number of halogens is 1. The van der Waals surface area contributed by atoms with Gasteiger partial charge in [-0.2, -0.15) is 10.2 Å². The molecule has 0 atom stereocenters. The van der Waals surface area contributed by atoms with Crippen molar-refractivity contribution in [1.29, 1.82) is 0 Å². The van der Waals surface area contributed by atoms with Crippen molar-refractivity contribution in [1.82, 2.24) is 29.9 Å². The van der Waals surface area contributed by atoms with Gasteiger partial charge in [0.1, 0.15) is 12.1 Å². The van der Waals surface area contributed by atoms with Crippen molar-refractivity contribution < 1.29 is 0 Å². The Hall–Kier alpha value is -2.93. The van der Waals surface area contributed by atoms with Crippen LogP contribution in [0.25, 0.3) is 11.0 Å². The molecule has 0 aliphatic rings. The van der Waals surface area contributed by atoms with E-state index in [-0.39, 0.29) is 0 Å². The van der Waals surface area contributed by atoms with Crippen LogP contribution in [0.1, 0.15) is 5.56 Å². The number of nitrogens with zero attached hydrogens (tertiary/aromatic N) is 5. The molecule has 2 N–H and O–H groups in total. The van der Waals surface area contributed by atoms with Crippen molar-refractivity contribution in [2.45, 2.75) is 6.54 Å². The minimum absolute atomic E-state index is 0.603. The fourth-order valence-corrected chi connectivity index (χ4v) is 2.51. The van der Waals surface area contributed by atoms with Crippen LogP contribution in [0.3, 0.4) is 0 Å². The molecule has 0 aliphatic heterocycles. The quantitative estimate of drug-likeness (QED) is 0.602. The summed E-state index contributed by atoms with van der Waals surface area (Å²) >= 11 is 6.18. The number of benzene rings is 1. The highest BCUT2D eigenvalue weighted by Crippen LogP contribution is 2.21. The monoisotopic (exact) mass is 325 g/mol. The number of fused-ring (bicyclic) bond motifs is 1.